The van der Waals surface area contributed by atoms with Gasteiger partial charge >= 0.3 is 0 Å². The molecule has 27 heavy (non-hydrogen) atoms. The summed E-state index contributed by atoms with van der Waals surface area (Å²) in [6.45, 7) is 7.11. The van der Waals surface area contributed by atoms with Crippen molar-refractivity contribution in [2.75, 3.05) is 25.5 Å². The highest BCUT2D eigenvalue weighted by atomic mass is 16.2. The molecule has 0 saturated heterocycles. The third-order valence-electron chi connectivity index (χ3n) is 4.59. The van der Waals surface area contributed by atoms with Gasteiger partial charge in [0.15, 0.2) is 6.54 Å². The fourth-order valence-corrected chi connectivity index (χ4v) is 3.01. The van der Waals surface area contributed by atoms with Crippen LogP contribution < -0.4 is 15.5 Å². The number of quaternary nitrogens is 1. The number of rotatable bonds is 8. The van der Waals surface area contributed by atoms with Crippen LogP contribution in [-0.4, -0.2) is 32.0 Å². The normalized spacial score (nSPS) is 11.7. The number of likely N-dealkylation sites (N-methyl/N-ethyl adjacent to an activating group) is 1. The van der Waals surface area contributed by atoms with Crippen LogP contribution in [0, 0.1) is 13.8 Å². The Labute approximate surface area is 161 Å². The second kappa shape index (κ2) is 9.88. The van der Waals surface area contributed by atoms with E-state index in [9.17, 15) is 9.59 Å². The van der Waals surface area contributed by atoms with Gasteiger partial charge in [-0.3, -0.25) is 9.59 Å². The van der Waals surface area contributed by atoms with E-state index in [0.717, 1.165) is 34.7 Å². The molecule has 2 rings (SSSR count). The van der Waals surface area contributed by atoms with Crippen molar-refractivity contribution >= 4 is 17.5 Å². The van der Waals surface area contributed by atoms with Gasteiger partial charge in [-0.25, -0.2) is 0 Å². The molecule has 2 aromatic carbocycles. The number of nitrogens with one attached hydrogen (secondary N) is 3. The van der Waals surface area contributed by atoms with Gasteiger partial charge in [0.25, 0.3) is 5.91 Å². The summed E-state index contributed by atoms with van der Waals surface area (Å²) in [6, 6.07) is 14.3. The molecule has 5 heteroatoms. The molecule has 3 N–H and O–H groups in total. The first-order valence-electron chi connectivity index (χ1n) is 9.41. The number of hydrogen-bond acceptors (Lipinski definition) is 2. The highest BCUT2D eigenvalue weighted by molar-refractivity contribution is 5.95. The minimum absolute atomic E-state index is 0.0227. The van der Waals surface area contributed by atoms with Crippen molar-refractivity contribution < 1.29 is 14.5 Å². The summed E-state index contributed by atoms with van der Waals surface area (Å²) in [4.78, 5) is 25.3. The van der Waals surface area contributed by atoms with Gasteiger partial charge in [-0.15, -0.1) is 0 Å². The van der Waals surface area contributed by atoms with E-state index in [0.29, 0.717) is 6.54 Å². The molecule has 0 spiro atoms. The van der Waals surface area contributed by atoms with Crippen LogP contribution in [0.2, 0.25) is 0 Å². The molecule has 0 saturated carbocycles. The van der Waals surface area contributed by atoms with Crippen molar-refractivity contribution in [1.82, 2.24) is 5.32 Å². The summed E-state index contributed by atoms with van der Waals surface area (Å²) in [6.07, 6.45) is 1.02. The number of carbonyl (C=O) groups is 2. The van der Waals surface area contributed by atoms with E-state index in [4.69, 9.17) is 0 Å². The number of aryl methyl sites for hydroxylation is 3. The molecule has 1 atom stereocenters. The summed E-state index contributed by atoms with van der Waals surface area (Å²) in [5.41, 5.74) is 5.34. The predicted octanol–water partition coefficient (Wildman–Crippen LogP) is 1.64. The van der Waals surface area contributed by atoms with Crippen LogP contribution in [0.5, 0.6) is 0 Å². The Kier molecular flexibility index (Phi) is 7.55. The maximum atomic E-state index is 12.1. The van der Waals surface area contributed by atoms with E-state index >= 15 is 0 Å². The Morgan fingerprint density at radius 1 is 0.926 bits per heavy atom. The largest absolute Gasteiger partial charge is 0.342 e. The lowest BCUT2D eigenvalue weighted by molar-refractivity contribution is -0.885. The second-order valence-electron chi connectivity index (χ2n) is 7.07. The van der Waals surface area contributed by atoms with Gasteiger partial charge in [-0.2, -0.15) is 0 Å². The summed E-state index contributed by atoms with van der Waals surface area (Å²) >= 11 is 0. The van der Waals surface area contributed by atoms with Crippen molar-refractivity contribution in [2.24, 2.45) is 0 Å². The van der Waals surface area contributed by atoms with Crippen LogP contribution >= 0.6 is 0 Å². The average molecular weight is 369 g/mol. The first-order valence-corrected chi connectivity index (χ1v) is 9.41. The van der Waals surface area contributed by atoms with Gasteiger partial charge in [0.1, 0.15) is 6.54 Å². The minimum atomic E-state index is -0.214. The molecule has 0 aromatic heterocycles. The summed E-state index contributed by atoms with van der Waals surface area (Å²) in [5, 5.41) is 5.58. The van der Waals surface area contributed by atoms with Gasteiger partial charge in [-0.05, 0) is 37.0 Å². The molecule has 2 aromatic rings. The van der Waals surface area contributed by atoms with E-state index in [1.807, 2.05) is 39.1 Å². The Bertz CT molecular complexity index is 764. The van der Waals surface area contributed by atoms with E-state index in [1.165, 1.54) is 11.1 Å². The number of carbonyl (C=O) groups excluding carboxylic acids is 2. The molecule has 5 nitrogen and oxygen atoms in total. The molecular weight excluding hydrogens is 338 g/mol. The Hall–Kier alpha value is -2.66. The van der Waals surface area contributed by atoms with Gasteiger partial charge < -0.3 is 15.5 Å². The third kappa shape index (κ3) is 6.53. The van der Waals surface area contributed by atoms with Crippen molar-refractivity contribution in [3.8, 4) is 0 Å². The molecule has 2 amide bonds. The lowest BCUT2D eigenvalue weighted by Crippen LogP contribution is -3.08. The highest BCUT2D eigenvalue weighted by Crippen LogP contribution is 2.18. The SMILES string of the molecule is CCc1ccc(C[NH+](C)CC(=O)NCC(=O)Nc2c(C)cccc2C)cc1. The quantitative estimate of drug-likeness (QED) is 0.663. The topological polar surface area (TPSA) is 62.6 Å². The van der Waals surface area contributed by atoms with Crippen LogP contribution in [0.1, 0.15) is 29.2 Å². The molecule has 0 fully saturated rings. The third-order valence-corrected chi connectivity index (χ3v) is 4.59. The number of para-hydroxylation sites is 1. The lowest BCUT2D eigenvalue weighted by Gasteiger charge is -2.15. The van der Waals surface area contributed by atoms with Crippen molar-refractivity contribution in [2.45, 2.75) is 33.7 Å². The van der Waals surface area contributed by atoms with Crippen LogP contribution in [0.25, 0.3) is 0 Å². The molecule has 1 unspecified atom stereocenters. The van der Waals surface area contributed by atoms with Crippen LogP contribution in [0.3, 0.4) is 0 Å². The number of anilines is 1. The van der Waals surface area contributed by atoms with E-state index in [2.05, 4.69) is 41.8 Å². The zero-order chi connectivity index (χ0) is 19.8. The minimum Gasteiger partial charge on any atom is -0.342 e. The molecule has 0 aliphatic rings. The summed E-state index contributed by atoms with van der Waals surface area (Å²) in [5.74, 6) is -0.345. The smallest absolute Gasteiger partial charge is 0.275 e. The van der Waals surface area contributed by atoms with E-state index in [-0.39, 0.29) is 18.4 Å². The van der Waals surface area contributed by atoms with Gasteiger partial charge in [0, 0.05) is 11.3 Å². The van der Waals surface area contributed by atoms with Gasteiger partial charge in [0.05, 0.1) is 13.6 Å². The van der Waals surface area contributed by atoms with Crippen molar-refractivity contribution in [3.05, 3.63) is 64.7 Å². The molecule has 0 aliphatic heterocycles. The molecule has 0 radical (unpaired) electrons. The van der Waals surface area contributed by atoms with Gasteiger partial charge in [0.2, 0.25) is 5.91 Å². The first kappa shape index (κ1) is 20.6. The first-order chi connectivity index (χ1) is 12.9. The number of benzene rings is 2. The molecule has 0 heterocycles. The van der Waals surface area contributed by atoms with E-state index in [1.54, 1.807) is 0 Å². The maximum absolute atomic E-state index is 12.1. The Balaban J connectivity index is 1.76. The van der Waals surface area contributed by atoms with Crippen molar-refractivity contribution in [3.63, 3.8) is 0 Å². The lowest BCUT2D eigenvalue weighted by atomic mass is 10.1. The fourth-order valence-electron chi connectivity index (χ4n) is 3.01. The molecule has 0 aliphatic carbocycles. The van der Waals surface area contributed by atoms with Crippen LogP contribution in [0.4, 0.5) is 5.69 Å². The predicted molar refractivity (Wildman–Crippen MR) is 109 cm³/mol. The van der Waals surface area contributed by atoms with E-state index < -0.39 is 0 Å². The van der Waals surface area contributed by atoms with Gasteiger partial charge in [-0.1, -0.05) is 49.4 Å². The molecular formula is C22H30N3O2+. The average Bonchev–Trinajstić information content (AvgIpc) is 2.63. The second-order valence-corrected chi connectivity index (χ2v) is 7.07. The Morgan fingerprint density at radius 2 is 1.52 bits per heavy atom. The standard InChI is InChI=1S/C22H29N3O2/c1-5-18-9-11-19(12-10-18)14-25(4)15-21(27)23-13-20(26)24-22-16(2)7-6-8-17(22)3/h6-12H,5,13-15H2,1-4H3,(H,23,27)(H,24,26)/p+1. The van der Waals surface area contributed by atoms with Crippen molar-refractivity contribution in [1.29, 1.82) is 0 Å². The van der Waals surface area contributed by atoms with Crippen LogP contribution in [0.15, 0.2) is 42.5 Å². The highest BCUT2D eigenvalue weighted by Gasteiger charge is 2.13. The zero-order valence-corrected chi connectivity index (χ0v) is 16.7. The molecule has 144 valence electrons. The monoisotopic (exact) mass is 368 g/mol. The maximum Gasteiger partial charge on any atom is 0.275 e. The zero-order valence-electron chi connectivity index (χ0n) is 16.7. The number of hydrogen-bond donors (Lipinski definition) is 3. The summed E-state index contributed by atoms with van der Waals surface area (Å²) < 4.78 is 0. The molecule has 0 bridgehead atoms. The summed E-state index contributed by atoms with van der Waals surface area (Å²) in [7, 11) is 1.98. The Morgan fingerprint density at radius 3 is 2.11 bits per heavy atom. The van der Waals surface area contributed by atoms with Crippen LogP contribution in [-0.2, 0) is 22.6 Å². The number of amides is 2. The fraction of sp³-hybridized carbons (Fsp3) is 0.364.